The highest BCUT2D eigenvalue weighted by Crippen LogP contribution is 2.14. The summed E-state index contributed by atoms with van der Waals surface area (Å²) in [6.45, 7) is -0.384. The Morgan fingerprint density at radius 2 is 1.88 bits per heavy atom. The number of hydrogen-bond acceptors (Lipinski definition) is 5. The molecule has 0 spiro atoms. The van der Waals surface area contributed by atoms with Gasteiger partial charge < -0.3 is 15.0 Å². The smallest absolute Gasteiger partial charge is 0.338 e. The van der Waals surface area contributed by atoms with Crippen LogP contribution in [0.25, 0.3) is 0 Å². The first-order chi connectivity index (χ1) is 11.5. The summed E-state index contributed by atoms with van der Waals surface area (Å²) in [7, 11) is 3.74. The molecule has 0 aliphatic carbocycles. The number of nitrogens with one attached hydrogen (secondary N) is 1. The molecule has 2 rings (SSSR count). The summed E-state index contributed by atoms with van der Waals surface area (Å²) in [4.78, 5) is 25.7. The number of rotatable bonds is 5. The Bertz CT molecular complexity index is 777. The van der Waals surface area contributed by atoms with E-state index in [2.05, 4.69) is 5.32 Å². The van der Waals surface area contributed by atoms with Gasteiger partial charge >= 0.3 is 5.97 Å². The summed E-state index contributed by atoms with van der Waals surface area (Å²) in [5.41, 5.74) is 2.28. The SMILES string of the molecule is CN(C)c1cccc(C(=O)OCC(=O)Nc2ccc(C#N)cc2)c1. The minimum absolute atomic E-state index is 0.382. The molecule has 1 N–H and O–H groups in total. The van der Waals surface area contributed by atoms with E-state index in [4.69, 9.17) is 10.00 Å². The number of hydrogen-bond donors (Lipinski definition) is 1. The number of esters is 1. The van der Waals surface area contributed by atoms with Crippen molar-refractivity contribution in [2.24, 2.45) is 0 Å². The predicted octanol–water partition coefficient (Wildman–Crippen LogP) is 2.42. The second kappa shape index (κ2) is 7.79. The Labute approximate surface area is 140 Å². The topological polar surface area (TPSA) is 82.4 Å². The summed E-state index contributed by atoms with van der Waals surface area (Å²) in [6, 6.07) is 15.3. The molecule has 0 aliphatic heterocycles. The Balaban J connectivity index is 1.90. The summed E-state index contributed by atoms with van der Waals surface area (Å²) in [5, 5.41) is 11.3. The zero-order chi connectivity index (χ0) is 17.5. The van der Waals surface area contributed by atoms with Crippen molar-refractivity contribution >= 4 is 23.3 Å². The van der Waals surface area contributed by atoms with Crippen LogP contribution < -0.4 is 10.2 Å². The average Bonchev–Trinajstić information content (AvgIpc) is 2.60. The first-order valence-electron chi connectivity index (χ1n) is 7.24. The van der Waals surface area contributed by atoms with Crippen LogP contribution in [0.15, 0.2) is 48.5 Å². The molecular weight excluding hydrogens is 306 g/mol. The molecule has 2 aromatic carbocycles. The molecule has 0 bridgehead atoms. The van der Waals surface area contributed by atoms with E-state index in [0.717, 1.165) is 5.69 Å². The van der Waals surface area contributed by atoms with Crippen LogP contribution in [0.5, 0.6) is 0 Å². The first-order valence-corrected chi connectivity index (χ1v) is 7.24. The van der Waals surface area contributed by atoms with Gasteiger partial charge in [-0.15, -0.1) is 0 Å². The molecule has 2 aromatic rings. The van der Waals surface area contributed by atoms with Gasteiger partial charge in [0.2, 0.25) is 0 Å². The van der Waals surface area contributed by atoms with Crippen LogP contribution in [0.1, 0.15) is 15.9 Å². The van der Waals surface area contributed by atoms with Gasteiger partial charge in [-0.1, -0.05) is 6.07 Å². The molecular formula is C18H17N3O3. The minimum Gasteiger partial charge on any atom is -0.452 e. The number of benzene rings is 2. The van der Waals surface area contributed by atoms with Gasteiger partial charge in [0.25, 0.3) is 5.91 Å². The molecule has 0 heterocycles. The molecule has 0 aliphatic rings. The van der Waals surface area contributed by atoms with Crippen LogP contribution in [0.2, 0.25) is 0 Å². The lowest BCUT2D eigenvalue weighted by Gasteiger charge is -2.13. The average molecular weight is 323 g/mol. The van der Waals surface area contributed by atoms with Crippen LogP contribution in [0, 0.1) is 11.3 Å². The van der Waals surface area contributed by atoms with Crippen LogP contribution >= 0.6 is 0 Å². The Hall–Kier alpha value is -3.33. The van der Waals surface area contributed by atoms with Crippen LogP contribution in [0.4, 0.5) is 11.4 Å². The zero-order valence-corrected chi connectivity index (χ0v) is 13.4. The van der Waals surface area contributed by atoms with Crippen molar-refractivity contribution in [2.75, 3.05) is 30.9 Å². The fourth-order valence-corrected chi connectivity index (χ4v) is 1.95. The molecule has 0 saturated carbocycles. The largest absolute Gasteiger partial charge is 0.452 e. The van der Waals surface area contributed by atoms with Crippen molar-refractivity contribution in [3.8, 4) is 6.07 Å². The predicted molar refractivity (Wildman–Crippen MR) is 90.8 cm³/mol. The van der Waals surface area contributed by atoms with E-state index in [0.29, 0.717) is 16.8 Å². The summed E-state index contributed by atoms with van der Waals surface area (Å²) in [5.74, 6) is -1.01. The summed E-state index contributed by atoms with van der Waals surface area (Å²) >= 11 is 0. The van der Waals surface area contributed by atoms with E-state index in [9.17, 15) is 9.59 Å². The van der Waals surface area contributed by atoms with E-state index in [1.54, 1.807) is 42.5 Å². The third-order valence-electron chi connectivity index (χ3n) is 3.23. The van der Waals surface area contributed by atoms with E-state index in [1.165, 1.54) is 0 Å². The fraction of sp³-hybridized carbons (Fsp3) is 0.167. The third kappa shape index (κ3) is 4.58. The maximum atomic E-state index is 12.0. The van der Waals surface area contributed by atoms with Crippen LogP contribution in [0.3, 0.4) is 0 Å². The zero-order valence-electron chi connectivity index (χ0n) is 13.4. The number of ether oxygens (including phenoxy) is 1. The highest BCUT2D eigenvalue weighted by molar-refractivity contribution is 5.95. The number of carbonyl (C=O) groups is 2. The van der Waals surface area contributed by atoms with Gasteiger partial charge in [-0.3, -0.25) is 4.79 Å². The van der Waals surface area contributed by atoms with Gasteiger partial charge in [-0.25, -0.2) is 4.79 Å². The normalized spacial score (nSPS) is 9.71. The lowest BCUT2D eigenvalue weighted by Crippen LogP contribution is -2.21. The van der Waals surface area contributed by atoms with Gasteiger partial charge in [-0.05, 0) is 42.5 Å². The molecule has 0 atom stereocenters. The number of nitriles is 1. The fourth-order valence-electron chi connectivity index (χ4n) is 1.95. The summed E-state index contributed by atoms with van der Waals surface area (Å²) < 4.78 is 5.02. The third-order valence-corrected chi connectivity index (χ3v) is 3.23. The van der Waals surface area contributed by atoms with Gasteiger partial charge in [0.1, 0.15) is 0 Å². The van der Waals surface area contributed by atoms with Crippen LogP contribution in [-0.4, -0.2) is 32.6 Å². The monoisotopic (exact) mass is 323 g/mol. The van der Waals surface area contributed by atoms with E-state index >= 15 is 0 Å². The molecule has 0 saturated heterocycles. The molecule has 6 heteroatoms. The second-order valence-corrected chi connectivity index (χ2v) is 5.26. The highest BCUT2D eigenvalue weighted by Gasteiger charge is 2.11. The molecule has 6 nitrogen and oxygen atoms in total. The van der Waals surface area contributed by atoms with Crippen LogP contribution in [-0.2, 0) is 9.53 Å². The molecule has 122 valence electrons. The van der Waals surface area contributed by atoms with E-state index < -0.39 is 11.9 Å². The molecule has 24 heavy (non-hydrogen) atoms. The van der Waals surface area contributed by atoms with Gasteiger partial charge in [0, 0.05) is 25.5 Å². The van der Waals surface area contributed by atoms with Crippen molar-refractivity contribution < 1.29 is 14.3 Å². The molecule has 0 radical (unpaired) electrons. The van der Waals surface area contributed by atoms with E-state index in [-0.39, 0.29) is 6.61 Å². The van der Waals surface area contributed by atoms with Gasteiger partial charge in [-0.2, -0.15) is 5.26 Å². The quantitative estimate of drug-likeness (QED) is 0.855. The van der Waals surface area contributed by atoms with Gasteiger partial charge in [0.05, 0.1) is 17.2 Å². The Morgan fingerprint density at radius 3 is 2.50 bits per heavy atom. The maximum absolute atomic E-state index is 12.0. The highest BCUT2D eigenvalue weighted by atomic mass is 16.5. The molecule has 0 unspecified atom stereocenters. The summed E-state index contributed by atoms with van der Waals surface area (Å²) in [6.07, 6.45) is 0. The Kier molecular flexibility index (Phi) is 5.53. The lowest BCUT2D eigenvalue weighted by molar-refractivity contribution is -0.119. The molecule has 1 amide bonds. The number of anilines is 2. The maximum Gasteiger partial charge on any atom is 0.338 e. The first kappa shape index (κ1) is 17.0. The number of amides is 1. The standard InChI is InChI=1S/C18H17N3O3/c1-21(2)16-5-3-4-14(10-16)18(23)24-12-17(22)20-15-8-6-13(11-19)7-9-15/h3-10H,12H2,1-2H3,(H,20,22). The van der Waals surface area contributed by atoms with Crippen molar-refractivity contribution in [1.82, 2.24) is 0 Å². The molecule has 0 aromatic heterocycles. The van der Waals surface area contributed by atoms with Crippen molar-refractivity contribution in [2.45, 2.75) is 0 Å². The van der Waals surface area contributed by atoms with E-state index in [1.807, 2.05) is 31.1 Å². The Morgan fingerprint density at radius 1 is 1.17 bits per heavy atom. The van der Waals surface area contributed by atoms with Gasteiger partial charge in [0.15, 0.2) is 6.61 Å². The number of carbonyl (C=O) groups excluding carboxylic acids is 2. The lowest BCUT2D eigenvalue weighted by atomic mass is 10.2. The number of nitrogens with zero attached hydrogens (tertiary/aromatic N) is 2. The van der Waals surface area contributed by atoms with Crippen molar-refractivity contribution in [3.05, 3.63) is 59.7 Å². The van der Waals surface area contributed by atoms with Crippen molar-refractivity contribution in [1.29, 1.82) is 5.26 Å². The molecule has 0 fully saturated rings. The van der Waals surface area contributed by atoms with Crippen molar-refractivity contribution in [3.63, 3.8) is 0 Å². The second-order valence-electron chi connectivity index (χ2n) is 5.26. The minimum atomic E-state index is -0.561.